The zero-order valence-electron chi connectivity index (χ0n) is 16.2. The highest BCUT2D eigenvalue weighted by Gasteiger charge is 2.16. The minimum absolute atomic E-state index is 0.193. The number of H-pyrrole nitrogens is 1. The normalized spacial score (nSPS) is 11.3. The molecule has 0 bridgehead atoms. The van der Waals surface area contributed by atoms with Gasteiger partial charge in [-0.3, -0.25) is 19.3 Å². The van der Waals surface area contributed by atoms with Crippen LogP contribution in [-0.4, -0.2) is 35.4 Å². The van der Waals surface area contributed by atoms with Crippen molar-refractivity contribution in [1.29, 1.82) is 0 Å². The molecule has 0 saturated carbocycles. The Hall–Kier alpha value is -4.27. The van der Waals surface area contributed by atoms with Crippen LogP contribution in [0.5, 0.6) is 0 Å². The van der Waals surface area contributed by atoms with Crippen LogP contribution in [0.4, 0.5) is 5.82 Å². The maximum absolute atomic E-state index is 12.9. The van der Waals surface area contributed by atoms with Gasteiger partial charge in [-0.2, -0.15) is 19.9 Å². The fourth-order valence-electron chi connectivity index (χ4n) is 3.39. The number of aryl methyl sites for hydroxylation is 2. The van der Waals surface area contributed by atoms with E-state index in [1.54, 1.807) is 26.1 Å². The summed E-state index contributed by atoms with van der Waals surface area (Å²) in [6, 6.07) is 15.1. The van der Waals surface area contributed by atoms with Gasteiger partial charge in [0.1, 0.15) is 11.2 Å². The van der Waals surface area contributed by atoms with E-state index >= 15 is 0 Å². The number of nitrogens with zero attached hydrogens (tertiary/aromatic N) is 5. The number of carbonyl (C=O) groups is 1. The van der Waals surface area contributed by atoms with E-state index < -0.39 is 0 Å². The number of benzene rings is 2. The third kappa shape index (κ3) is 2.93. The van der Waals surface area contributed by atoms with E-state index in [9.17, 15) is 9.59 Å². The van der Waals surface area contributed by atoms with Crippen molar-refractivity contribution in [3.8, 4) is 5.95 Å². The molecule has 9 heteroatoms. The van der Waals surface area contributed by atoms with Crippen LogP contribution in [0.15, 0.2) is 59.5 Å². The molecule has 0 radical (unpaired) electrons. The molecular formula is C21H17N7O2. The lowest BCUT2D eigenvalue weighted by Gasteiger charge is -2.09. The summed E-state index contributed by atoms with van der Waals surface area (Å²) in [6.07, 6.45) is 1.46. The van der Waals surface area contributed by atoms with Gasteiger partial charge in [-0.1, -0.05) is 30.3 Å². The summed E-state index contributed by atoms with van der Waals surface area (Å²) in [5.74, 6) is 0.305. The summed E-state index contributed by atoms with van der Waals surface area (Å²) in [5, 5.41) is 13.7. The van der Waals surface area contributed by atoms with Crippen molar-refractivity contribution in [3.63, 3.8) is 0 Å². The van der Waals surface area contributed by atoms with Crippen molar-refractivity contribution < 1.29 is 4.79 Å². The third-order valence-corrected chi connectivity index (χ3v) is 4.87. The fraction of sp³-hybridized carbons (Fsp3) is 0.0952. The molecule has 5 rings (SSSR count). The molecule has 0 saturated heterocycles. The second kappa shape index (κ2) is 6.66. The van der Waals surface area contributed by atoms with Crippen molar-refractivity contribution in [2.75, 3.05) is 5.32 Å². The number of aromatic amines is 1. The number of carbonyl (C=O) groups excluding carboxylic acids is 1. The van der Waals surface area contributed by atoms with Crippen LogP contribution < -0.4 is 10.9 Å². The molecule has 9 nitrogen and oxygen atoms in total. The molecule has 148 valence electrons. The molecule has 3 heterocycles. The number of rotatable bonds is 3. The molecule has 0 spiro atoms. The van der Waals surface area contributed by atoms with Crippen LogP contribution >= 0.6 is 0 Å². The molecule has 2 N–H and O–H groups in total. The minimum atomic E-state index is -0.331. The zero-order valence-corrected chi connectivity index (χ0v) is 16.2. The van der Waals surface area contributed by atoms with Crippen molar-refractivity contribution in [1.82, 2.24) is 29.5 Å². The fourth-order valence-corrected chi connectivity index (χ4v) is 3.39. The summed E-state index contributed by atoms with van der Waals surface area (Å²) in [6.45, 7) is 1.79. The molecule has 0 aliphatic heterocycles. The summed E-state index contributed by atoms with van der Waals surface area (Å²) in [7, 11) is 1.70. The number of fused-ring (bicyclic) bond motifs is 2. The first-order chi connectivity index (χ1) is 14.5. The monoisotopic (exact) mass is 399 g/mol. The number of anilines is 1. The second-order valence-corrected chi connectivity index (χ2v) is 6.99. The van der Waals surface area contributed by atoms with Gasteiger partial charge in [0.05, 0.1) is 11.9 Å². The van der Waals surface area contributed by atoms with E-state index in [0.717, 1.165) is 10.8 Å². The maximum Gasteiger partial charge on any atom is 0.263 e. The van der Waals surface area contributed by atoms with Crippen molar-refractivity contribution in [2.45, 2.75) is 6.92 Å². The molecule has 0 unspecified atom stereocenters. The Morgan fingerprint density at radius 1 is 1.10 bits per heavy atom. The number of nitrogens with one attached hydrogen (secondary N) is 2. The summed E-state index contributed by atoms with van der Waals surface area (Å²) < 4.78 is 2.92. The van der Waals surface area contributed by atoms with Crippen LogP contribution in [0.25, 0.3) is 27.8 Å². The van der Waals surface area contributed by atoms with Crippen LogP contribution in [0, 0.1) is 6.92 Å². The topological polar surface area (TPSA) is 110 Å². The first kappa shape index (κ1) is 17.8. The highest BCUT2D eigenvalue weighted by molar-refractivity contribution is 6.06. The maximum atomic E-state index is 12.9. The molecule has 2 aromatic carbocycles. The number of hydrogen-bond donors (Lipinski definition) is 2. The van der Waals surface area contributed by atoms with E-state index in [2.05, 4.69) is 25.5 Å². The van der Waals surface area contributed by atoms with Crippen LogP contribution in [0.2, 0.25) is 0 Å². The van der Waals surface area contributed by atoms with Crippen LogP contribution in [-0.2, 0) is 7.05 Å². The average Bonchev–Trinajstić information content (AvgIpc) is 3.30. The average molecular weight is 399 g/mol. The Bertz CT molecular complexity index is 1490. The molecular weight excluding hydrogens is 382 g/mol. The van der Waals surface area contributed by atoms with E-state index in [0.29, 0.717) is 28.1 Å². The van der Waals surface area contributed by atoms with Crippen molar-refractivity contribution >= 4 is 33.5 Å². The first-order valence-electron chi connectivity index (χ1n) is 9.29. The van der Waals surface area contributed by atoms with Crippen molar-refractivity contribution in [3.05, 3.63) is 76.3 Å². The summed E-state index contributed by atoms with van der Waals surface area (Å²) in [5.41, 5.74) is 1.27. The van der Waals surface area contributed by atoms with E-state index in [1.165, 1.54) is 15.6 Å². The zero-order chi connectivity index (χ0) is 20.8. The lowest BCUT2D eigenvalue weighted by atomic mass is 10.1. The Morgan fingerprint density at radius 3 is 2.73 bits per heavy atom. The SMILES string of the molecule is Cc1cc(NC(=O)c2ccc3ccccc3c2)n(-c2nc3c(cnn3C)c(=O)[nH]2)n1. The lowest BCUT2D eigenvalue weighted by molar-refractivity contribution is 0.102. The molecule has 0 aliphatic rings. The third-order valence-electron chi connectivity index (χ3n) is 4.87. The van der Waals surface area contributed by atoms with E-state index in [-0.39, 0.29) is 17.4 Å². The Labute approximate surface area is 170 Å². The largest absolute Gasteiger partial charge is 0.306 e. The van der Waals surface area contributed by atoms with Gasteiger partial charge in [-0.25, -0.2) is 0 Å². The summed E-state index contributed by atoms with van der Waals surface area (Å²) >= 11 is 0. The Morgan fingerprint density at radius 2 is 1.90 bits per heavy atom. The predicted molar refractivity (Wildman–Crippen MR) is 113 cm³/mol. The molecule has 0 atom stereocenters. The second-order valence-electron chi connectivity index (χ2n) is 6.99. The van der Waals surface area contributed by atoms with Gasteiger partial charge in [-0.15, -0.1) is 0 Å². The van der Waals surface area contributed by atoms with Gasteiger partial charge in [0.2, 0.25) is 5.95 Å². The van der Waals surface area contributed by atoms with Gasteiger partial charge in [-0.05, 0) is 29.8 Å². The van der Waals surface area contributed by atoms with Crippen LogP contribution in [0.3, 0.4) is 0 Å². The van der Waals surface area contributed by atoms with Gasteiger partial charge < -0.3 is 5.32 Å². The number of aromatic nitrogens is 6. The molecule has 3 aromatic heterocycles. The predicted octanol–water partition coefficient (Wildman–Crippen LogP) is 2.56. The molecule has 30 heavy (non-hydrogen) atoms. The minimum Gasteiger partial charge on any atom is -0.306 e. The van der Waals surface area contributed by atoms with Gasteiger partial charge in [0.15, 0.2) is 5.65 Å². The quantitative estimate of drug-likeness (QED) is 0.484. The smallest absolute Gasteiger partial charge is 0.263 e. The standard InChI is InChI=1S/C21H17N7O2/c1-12-9-17(23-19(29)15-8-7-13-5-3-4-6-14(13)10-15)28(26-12)21-24-18-16(20(30)25-21)11-22-27(18)2/h3-11H,1-2H3,(H,23,29)(H,24,25,30). The van der Waals surface area contributed by atoms with Gasteiger partial charge >= 0.3 is 0 Å². The number of amides is 1. The highest BCUT2D eigenvalue weighted by atomic mass is 16.2. The van der Waals surface area contributed by atoms with Crippen LogP contribution in [0.1, 0.15) is 16.1 Å². The molecule has 0 fully saturated rings. The Balaban J connectivity index is 1.54. The summed E-state index contributed by atoms with van der Waals surface area (Å²) in [4.78, 5) is 32.4. The van der Waals surface area contributed by atoms with Gasteiger partial charge in [0.25, 0.3) is 11.5 Å². The molecule has 0 aliphatic carbocycles. The molecule has 1 amide bonds. The lowest BCUT2D eigenvalue weighted by Crippen LogP contribution is -2.19. The van der Waals surface area contributed by atoms with Crippen molar-refractivity contribution in [2.24, 2.45) is 7.05 Å². The highest BCUT2D eigenvalue weighted by Crippen LogP contribution is 2.19. The first-order valence-corrected chi connectivity index (χ1v) is 9.29. The number of hydrogen-bond acceptors (Lipinski definition) is 5. The molecule has 5 aromatic rings. The Kier molecular flexibility index (Phi) is 3.95. The van der Waals surface area contributed by atoms with E-state index in [1.807, 2.05) is 36.4 Å². The van der Waals surface area contributed by atoms with E-state index in [4.69, 9.17) is 0 Å². The van der Waals surface area contributed by atoms with Gasteiger partial charge in [0, 0.05) is 18.7 Å².